The lowest BCUT2D eigenvalue weighted by molar-refractivity contribution is -0.111. The van der Waals surface area contributed by atoms with Crippen molar-refractivity contribution in [3.05, 3.63) is 84.0 Å². The maximum Gasteiger partial charge on any atom is 0.247 e. The molecule has 3 aromatic rings. The summed E-state index contributed by atoms with van der Waals surface area (Å²) in [5, 5.41) is 6.02. The Morgan fingerprint density at radius 2 is 1.90 bits per heavy atom. The molecular formula is C30H37FN6O2. The van der Waals surface area contributed by atoms with Crippen LogP contribution in [0.25, 0.3) is 5.57 Å². The van der Waals surface area contributed by atoms with Crippen molar-refractivity contribution >= 4 is 34.5 Å². The number of aromatic nitrogens is 2. The molecule has 3 rings (SSSR count). The van der Waals surface area contributed by atoms with Crippen LogP contribution in [0.2, 0.25) is 0 Å². The Morgan fingerprint density at radius 3 is 2.54 bits per heavy atom. The molecule has 0 fully saturated rings. The van der Waals surface area contributed by atoms with E-state index < -0.39 is 5.82 Å². The Labute approximate surface area is 230 Å². The van der Waals surface area contributed by atoms with Gasteiger partial charge in [0.1, 0.15) is 11.4 Å². The first-order chi connectivity index (χ1) is 18.7. The van der Waals surface area contributed by atoms with Crippen molar-refractivity contribution in [2.24, 2.45) is 0 Å². The number of anilines is 4. The summed E-state index contributed by atoms with van der Waals surface area (Å²) in [6, 6.07) is 11.5. The molecule has 0 saturated heterocycles. The molecule has 0 aliphatic heterocycles. The van der Waals surface area contributed by atoms with Crippen LogP contribution in [0, 0.1) is 5.82 Å². The summed E-state index contributed by atoms with van der Waals surface area (Å²) < 4.78 is 20.7. The maximum atomic E-state index is 15.0. The van der Waals surface area contributed by atoms with Gasteiger partial charge in [0.2, 0.25) is 11.9 Å². The van der Waals surface area contributed by atoms with Gasteiger partial charge < -0.3 is 25.2 Å². The molecule has 206 valence electrons. The Morgan fingerprint density at radius 1 is 1.15 bits per heavy atom. The fraction of sp³-hybridized carbons (Fsp3) is 0.300. The number of nitrogens with zero attached hydrogens (tertiary/aromatic N) is 4. The number of ether oxygens (including phenoxy) is 1. The summed E-state index contributed by atoms with van der Waals surface area (Å²) >= 11 is 0. The first-order valence-corrected chi connectivity index (χ1v) is 12.8. The number of methoxy groups -OCH3 is 1. The first-order valence-electron chi connectivity index (χ1n) is 12.8. The molecule has 0 unspecified atom stereocenters. The summed E-state index contributed by atoms with van der Waals surface area (Å²) in [6.45, 7) is 9.01. The Hall–Kier alpha value is -4.24. The number of benzene rings is 2. The molecule has 0 radical (unpaired) electrons. The van der Waals surface area contributed by atoms with Gasteiger partial charge in [0.15, 0.2) is 5.82 Å². The largest absolute Gasteiger partial charge is 0.494 e. The Bertz CT molecular complexity index is 1360. The third-order valence-electron chi connectivity index (χ3n) is 6.28. The zero-order chi connectivity index (χ0) is 28.5. The molecule has 0 bridgehead atoms. The van der Waals surface area contributed by atoms with E-state index in [1.807, 2.05) is 69.4 Å². The number of carbonyl (C=O) groups excluding carboxylic acids is 1. The van der Waals surface area contributed by atoms with E-state index in [1.165, 1.54) is 6.08 Å². The van der Waals surface area contributed by atoms with Crippen molar-refractivity contribution in [2.45, 2.75) is 20.3 Å². The van der Waals surface area contributed by atoms with E-state index in [2.05, 4.69) is 39.0 Å². The highest BCUT2D eigenvalue weighted by Gasteiger charge is 2.19. The molecule has 0 aliphatic carbocycles. The van der Waals surface area contributed by atoms with Crippen LogP contribution in [0.1, 0.15) is 30.7 Å². The normalized spacial score (nSPS) is 11.3. The van der Waals surface area contributed by atoms with Crippen LogP contribution >= 0.6 is 0 Å². The summed E-state index contributed by atoms with van der Waals surface area (Å²) in [5.74, 6) is -0.174. The van der Waals surface area contributed by atoms with Crippen molar-refractivity contribution in [2.75, 3.05) is 56.9 Å². The highest BCUT2D eigenvalue weighted by atomic mass is 19.1. The molecule has 1 amide bonds. The minimum Gasteiger partial charge on any atom is -0.494 e. The Balaban J connectivity index is 2.05. The van der Waals surface area contributed by atoms with Crippen molar-refractivity contribution < 1.29 is 13.9 Å². The third kappa shape index (κ3) is 7.20. The van der Waals surface area contributed by atoms with Gasteiger partial charge in [-0.15, -0.1) is 0 Å². The number of halogens is 1. The lowest BCUT2D eigenvalue weighted by Gasteiger charge is -2.26. The minimum atomic E-state index is -0.525. The molecule has 9 heteroatoms. The van der Waals surface area contributed by atoms with Gasteiger partial charge in [-0.1, -0.05) is 43.8 Å². The van der Waals surface area contributed by atoms with Crippen LogP contribution in [0.3, 0.4) is 0 Å². The zero-order valence-corrected chi connectivity index (χ0v) is 23.5. The average Bonchev–Trinajstić information content (AvgIpc) is 2.94. The number of hydrogen-bond donors (Lipinski definition) is 2. The second kappa shape index (κ2) is 13.5. The summed E-state index contributed by atoms with van der Waals surface area (Å²) in [4.78, 5) is 25.1. The van der Waals surface area contributed by atoms with Crippen LogP contribution in [-0.4, -0.2) is 62.1 Å². The fourth-order valence-corrected chi connectivity index (χ4v) is 4.15. The zero-order valence-electron chi connectivity index (χ0n) is 23.5. The smallest absolute Gasteiger partial charge is 0.247 e. The van der Waals surface area contributed by atoms with E-state index in [0.29, 0.717) is 22.7 Å². The number of likely N-dealkylation sites (N-methyl/N-ethyl adjacent to an activating group) is 2. The van der Waals surface area contributed by atoms with E-state index >= 15 is 4.39 Å². The SMILES string of the molecule is C=CC(=O)Nc1cc(Nc2ncc(F)c(/C(=C/C)c3ccccc3CC)n2)c(OC)cc1N(C)CCN(C)C. The van der Waals surface area contributed by atoms with Crippen LogP contribution in [0.15, 0.2) is 61.3 Å². The molecule has 0 atom stereocenters. The molecule has 0 saturated carbocycles. The van der Waals surface area contributed by atoms with Gasteiger partial charge in [-0.05, 0) is 50.7 Å². The molecule has 1 heterocycles. The molecule has 0 spiro atoms. The number of nitrogens with one attached hydrogen (secondary N) is 2. The highest BCUT2D eigenvalue weighted by molar-refractivity contribution is 6.02. The van der Waals surface area contributed by atoms with Gasteiger partial charge >= 0.3 is 0 Å². The standard InChI is InChI=1S/C30H37FN6O2/c1-8-20-13-11-12-14-22(20)21(9-2)29-23(31)19-32-30(35-29)34-25-17-24(33-28(38)10-3)26(18-27(25)39-7)37(6)16-15-36(4)5/h9-14,17-19H,3,8,15-16H2,1-2,4-7H3,(H,33,38)(H,32,34,35)/b21-9+. The second-order valence-electron chi connectivity index (χ2n) is 9.22. The number of hydrogen-bond acceptors (Lipinski definition) is 7. The molecule has 2 aromatic carbocycles. The van der Waals surface area contributed by atoms with Gasteiger partial charge in [-0.25, -0.2) is 14.4 Å². The van der Waals surface area contributed by atoms with Crippen LogP contribution in [-0.2, 0) is 11.2 Å². The number of allylic oxidation sites excluding steroid dienone is 1. The topological polar surface area (TPSA) is 82.6 Å². The van der Waals surface area contributed by atoms with E-state index in [4.69, 9.17) is 4.74 Å². The molecular weight excluding hydrogens is 495 g/mol. The van der Waals surface area contributed by atoms with Gasteiger partial charge in [0.25, 0.3) is 0 Å². The predicted molar refractivity (Wildman–Crippen MR) is 157 cm³/mol. The average molecular weight is 533 g/mol. The Kier molecular flexibility index (Phi) is 10.2. The van der Waals surface area contributed by atoms with Crippen LogP contribution < -0.4 is 20.3 Å². The molecule has 0 aliphatic rings. The number of aryl methyl sites for hydroxylation is 1. The van der Waals surface area contributed by atoms with Gasteiger partial charge in [-0.3, -0.25) is 4.79 Å². The van der Waals surface area contributed by atoms with Crippen molar-refractivity contribution in [1.82, 2.24) is 14.9 Å². The number of amides is 1. The van der Waals surface area contributed by atoms with Gasteiger partial charge in [0, 0.05) is 31.8 Å². The summed E-state index contributed by atoms with van der Waals surface area (Å²) in [6.07, 6.45) is 5.02. The monoisotopic (exact) mass is 532 g/mol. The number of carbonyl (C=O) groups is 1. The molecule has 39 heavy (non-hydrogen) atoms. The van der Waals surface area contributed by atoms with Crippen molar-refractivity contribution in [3.8, 4) is 5.75 Å². The van der Waals surface area contributed by atoms with E-state index in [-0.39, 0.29) is 17.5 Å². The number of rotatable bonds is 12. The van der Waals surface area contributed by atoms with Crippen molar-refractivity contribution in [1.29, 1.82) is 0 Å². The first kappa shape index (κ1) is 29.3. The molecule has 2 N–H and O–H groups in total. The minimum absolute atomic E-state index is 0.188. The highest BCUT2D eigenvalue weighted by Crippen LogP contribution is 2.38. The van der Waals surface area contributed by atoms with E-state index in [1.54, 1.807) is 13.2 Å². The van der Waals surface area contributed by atoms with E-state index in [9.17, 15) is 4.79 Å². The van der Waals surface area contributed by atoms with Gasteiger partial charge in [-0.2, -0.15) is 0 Å². The predicted octanol–water partition coefficient (Wildman–Crippen LogP) is 5.50. The van der Waals surface area contributed by atoms with Gasteiger partial charge in [0.05, 0.1) is 30.4 Å². The summed E-state index contributed by atoms with van der Waals surface area (Å²) in [5.41, 5.74) is 4.71. The van der Waals surface area contributed by atoms with Crippen molar-refractivity contribution in [3.63, 3.8) is 0 Å². The van der Waals surface area contributed by atoms with E-state index in [0.717, 1.165) is 42.5 Å². The fourth-order valence-electron chi connectivity index (χ4n) is 4.15. The van der Waals surface area contributed by atoms with Crippen LogP contribution in [0.4, 0.5) is 27.4 Å². The third-order valence-corrected chi connectivity index (χ3v) is 6.28. The summed E-state index contributed by atoms with van der Waals surface area (Å²) in [7, 11) is 7.50. The quantitative estimate of drug-likeness (QED) is 0.298. The van der Waals surface area contributed by atoms with Crippen LogP contribution in [0.5, 0.6) is 5.75 Å². The second-order valence-corrected chi connectivity index (χ2v) is 9.22. The lowest BCUT2D eigenvalue weighted by atomic mass is 9.95. The lowest BCUT2D eigenvalue weighted by Crippen LogP contribution is -2.29. The molecule has 8 nitrogen and oxygen atoms in total. The maximum absolute atomic E-state index is 15.0. The molecule has 1 aromatic heterocycles.